The second-order valence-electron chi connectivity index (χ2n) is 5.94. The van der Waals surface area contributed by atoms with Gasteiger partial charge in [-0.15, -0.1) is 0 Å². The Bertz CT molecular complexity index is 898. The zero-order valence-corrected chi connectivity index (χ0v) is 14.5. The zero-order chi connectivity index (χ0) is 20.1. The van der Waals surface area contributed by atoms with Gasteiger partial charge in [0.25, 0.3) is 5.91 Å². The number of halogens is 1. The molecule has 0 unspecified atom stereocenters. The minimum atomic E-state index is -0.822. The molecule has 1 fully saturated rings. The largest absolute Gasteiger partial charge is 0.459 e. The smallest absolute Gasteiger partial charge is 0.311 e. The maximum atomic E-state index is 13.8. The highest BCUT2D eigenvalue weighted by atomic mass is 19.1. The molecule has 0 radical (unpaired) electrons. The van der Waals surface area contributed by atoms with Gasteiger partial charge in [-0.3, -0.25) is 30.0 Å². The molecule has 0 saturated carbocycles. The lowest BCUT2D eigenvalue weighted by Gasteiger charge is -2.17. The molecule has 1 aliphatic rings. The van der Waals surface area contributed by atoms with Crippen LogP contribution < -0.4 is 15.8 Å². The lowest BCUT2D eigenvalue weighted by molar-refractivity contribution is -0.152. The fraction of sp³-hybridized carbons (Fsp3) is 0.222. The van der Waals surface area contributed by atoms with Crippen molar-refractivity contribution in [1.29, 1.82) is 0 Å². The molecule has 0 bridgehead atoms. The zero-order valence-electron chi connectivity index (χ0n) is 14.5. The summed E-state index contributed by atoms with van der Waals surface area (Å²) in [6, 6.07) is 8.64. The first-order valence-electron chi connectivity index (χ1n) is 8.30. The van der Waals surface area contributed by atoms with Crippen molar-refractivity contribution in [3.63, 3.8) is 0 Å². The van der Waals surface area contributed by atoms with Gasteiger partial charge in [0.2, 0.25) is 5.91 Å². The number of hydrazine groups is 1. The summed E-state index contributed by atoms with van der Waals surface area (Å²) in [4.78, 5) is 48.6. The average Bonchev–Trinajstić information content (AvgIpc) is 3.35. The molecule has 1 aromatic heterocycles. The Hall–Kier alpha value is -3.69. The number of anilines is 1. The van der Waals surface area contributed by atoms with Crippen LogP contribution in [0.5, 0.6) is 0 Å². The Morgan fingerprint density at radius 3 is 2.68 bits per heavy atom. The molecule has 1 atom stereocenters. The predicted octanol–water partition coefficient (Wildman–Crippen LogP) is 0.776. The number of carbonyl (C=O) groups excluding carboxylic acids is 4. The molecule has 146 valence electrons. The summed E-state index contributed by atoms with van der Waals surface area (Å²) in [5, 5.41) is 0. The summed E-state index contributed by atoms with van der Waals surface area (Å²) < 4.78 is 23.6. The van der Waals surface area contributed by atoms with Crippen molar-refractivity contribution >= 4 is 29.4 Å². The molecule has 2 N–H and O–H groups in total. The second-order valence-corrected chi connectivity index (χ2v) is 5.94. The number of furan rings is 1. The minimum absolute atomic E-state index is 0.00463. The lowest BCUT2D eigenvalue weighted by atomic mass is 10.1. The Morgan fingerprint density at radius 2 is 1.96 bits per heavy atom. The van der Waals surface area contributed by atoms with E-state index in [0.29, 0.717) is 0 Å². The van der Waals surface area contributed by atoms with Crippen molar-refractivity contribution < 1.29 is 32.7 Å². The molecule has 2 heterocycles. The van der Waals surface area contributed by atoms with Crippen LogP contribution in [0.3, 0.4) is 0 Å². The highest BCUT2D eigenvalue weighted by Gasteiger charge is 2.37. The Kier molecular flexibility index (Phi) is 5.68. The number of amides is 3. The SMILES string of the molecule is O=C(COC(=O)[C@H]1CC(=O)N(c2ccccc2F)C1)NNC(=O)c1ccco1. The molecule has 3 rings (SSSR count). The van der Waals surface area contributed by atoms with Crippen LogP contribution in [-0.2, 0) is 19.1 Å². The van der Waals surface area contributed by atoms with Crippen LogP contribution in [0.15, 0.2) is 47.1 Å². The van der Waals surface area contributed by atoms with Crippen molar-refractivity contribution in [3.8, 4) is 0 Å². The molecule has 1 aromatic carbocycles. The first kappa shape index (κ1) is 19.1. The first-order valence-corrected chi connectivity index (χ1v) is 8.30. The van der Waals surface area contributed by atoms with Crippen LogP contribution in [0.1, 0.15) is 17.0 Å². The van der Waals surface area contributed by atoms with Crippen LogP contribution in [0.25, 0.3) is 0 Å². The Morgan fingerprint density at radius 1 is 1.18 bits per heavy atom. The number of esters is 1. The third-order valence-corrected chi connectivity index (χ3v) is 4.01. The molecule has 2 aromatic rings. The first-order chi connectivity index (χ1) is 13.5. The molecule has 1 saturated heterocycles. The Labute approximate surface area is 158 Å². The molecular weight excluding hydrogens is 373 g/mol. The van der Waals surface area contributed by atoms with E-state index in [2.05, 4.69) is 10.9 Å². The topological polar surface area (TPSA) is 118 Å². The number of ether oxygens (including phenoxy) is 1. The number of benzene rings is 1. The van der Waals surface area contributed by atoms with E-state index in [4.69, 9.17) is 9.15 Å². The number of nitrogens with zero attached hydrogens (tertiary/aromatic N) is 1. The summed E-state index contributed by atoms with van der Waals surface area (Å²) >= 11 is 0. The number of rotatable bonds is 5. The van der Waals surface area contributed by atoms with Gasteiger partial charge in [0.15, 0.2) is 12.4 Å². The summed E-state index contributed by atoms with van der Waals surface area (Å²) in [5.41, 5.74) is 4.24. The summed E-state index contributed by atoms with van der Waals surface area (Å²) in [7, 11) is 0. The van der Waals surface area contributed by atoms with Crippen molar-refractivity contribution in [2.24, 2.45) is 5.92 Å². The molecule has 0 aliphatic carbocycles. The van der Waals surface area contributed by atoms with Gasteiger partial charge in [-0.1, -0.05) is 12.1 Å². The van der Waals surface area contributed by atoms with Crippen molar-refractivity contribution in [2.45, 2.75) is 6.42 Å². The van der Waals surface area contributed by atoms with Crippen LogP contribution in [0.2, 0.25) is 0 Å². The van der Waals surface area contributed by atoms with Crippen LogP contribution >= 0.6 is 0 Å². The molecule has 3 amide bonds. The minimum Gasteiger partial charge on any atom is -0.459 e. The van der Waals surface area contributed by atoms with Gasteiger partial charge in [-0.25, -0.2) is 4.39 Å². The van der Waals surface area contributed by atoms with Crippen molar-refractivity contribution in [2.75, 3.05) is 18.1 Å². The van der Waals surface area contributed by atoms with E-state index in [-0.39, 0.29) is 24.4 Å². The van der Waals surface area contributed by atoms with Gasteiger partial charge in [0, 0.05) is 13.0 Å². The monoisotopic (exact) mass is 389 g/mol. The maximum absolute atomic E-state index is 13.8. The number of hydrogen-bond acceptors (Lipinski definition) is 6. The fourth-order valence-corrected chi connectivity index (χ4v) is 2.66. The van der Waals surface area contributed by atoms with Crippen LogP contribution in [0, 0.1) is 11.7 Å². The lowest BCUT2D eigenvalue weighted by Crippen LogP contribution is -2.43. The van der Waals surface area contributed by atoms with Gasteiger partial charge in [0.05, 0.1) is 17.9 Å². The van der Waals surface area contributed by atoms with E-state index in [1.807, 2.05) is 0 Å². The molecule has 10 heteroatoms. The van der Waals surface area contributed by atoms with Gasteiger partial charge in [-0.05, 0) is 24.3 Å². The number of nitrogens with one attached hydrogen (secondary N) is 2. The van der Waals surface area contributed by atoms with E-state index in [1.54, 1.807) is 6.07 Å². The van der Waals surface area contributed by atoms with E-state index in [0.717, 1.165) is 0 Å². The van der Waals surface area contributed by atoms with Crippen LogP contribution in [-0.4, -0.2) is 36.8 Å². The van der Waals surface area contributed by atoms with Crippen molar-refractivity contribution in [3.05, 3.63) is 54.2 Å². The summed E-state index contributed by atoms with van der Waals surface area (Å²) in [5.74, 6) is -4.03. The highest BCUT2D eigenvalue weighted by molar-refractivity contribution is 5.99. The van der Waals surface area contributed by atoms with E-state index < -0.39 is 42.0 Å². The quantitative estimate of drug-likeness (QED) is 0.576. The summed E-state index contributed by atoms with van der Waals surface area (Å²) in [6.45, 7) is -0.697. The van der Waals surface area contributed by atoms with Gasteiger partial charge < -0.3 is 14.1 Å². The molecule has 0 spiro atoms. The third kappa shape index (κ3) is 4.34. The number of hydrogen-bond donors (Lipinski definition) is 2. The van der Waals surface area contributed by atoms with Gasteiger partial charge in [-0.2, -0.15) is 0 Å². The molecule has 1 aliphatic heterocycles. The van der Waals surface area contributed by atoms with Crippen LogP contribution in [0.4, 0.5) is 10.1 Å². The maximum Gasteiger partial charge on any atom is 0.311 e. The van der Waals surface area contributed by atoms with E-state index in [9.17, 15) is 23.6 Å². The van der Waals surface area contributed by atoms with E-state index >= 15 is 0 Å². The number of carbonyl (C=O) groups is 4. The van der Waals surface area contributed by atoms with Gasteiger partial charge in [0.1, 0.15) is 5.82 Å². The summed E-state index contributed by atoms with van der Waals surface area (Å²) in [6.07, 6.45) is 1.15. The fourth-order valence-electron chi connectivity index (χ4n) is 2.66. The van der Waals surface area contributed by atoms with Crippen molar-refractivity contribution in [1.82, 2.24) is 10.9 Å². The molecular formula is C18H16FN3O6. The number of para-hydroxylation sites is 1. The average molecular weight is 389 g/mol. The second kappa shape index (κ2) is 8.33. The molecule has 28 heavy (non-hydrogen) atoms. The normalized spacial score (nSPS) is 16.0. The standard InChI is InChI=1S/C18H16FN3O6/c19-12-4-1-2-5-13(12)22-9-11(8-16(22)24)18(26)28-10-15(23)20-21-17(25)14-6-3-7-27-14/h1-7,11H,8-10H2,(H,20,23)(H,21,25)/t11-/m0/s1. The third-order valence-electron chi connectivity index (χ3n) is 4.01. The highest BCUT2D eigenvalue weighted by Crippen LogP contribution is 2.27. The Balaban J connectivity index is 1.46. The predicted molar refractivity (Wildman–Crippen MR) is 92.1 cm³/mol. The van der Waals surface area contributed by atoms with E-state index in [1.165, 1.54) is 41.5 Å². The van der Waals surface area contributed by atoms with Gasteiger partial charge >= 0.3 is 11.9 Å². The molecule has 9 nitrogen and oxygen atoms in total.